The van der Waals surface area contributed by atoms with Crippen LogP contribution >= 0.6 is 0 Å². The van der Waals surface area contributed by atoms with Crippen molar-refractivity contribution in [2.24, 2.45) is 0 Å². The number of esters is 1. The molecule has 2 aromatic heterocycles. The first-order chi connectivity index (χ1) is 13.9. The number of amides is 1. The van der Waals surface area contributed by atoms with Gasteiger partial charge in [0.15, 0.2) is 5.65 Å². The maximum atomic E-state index is 13.2. The van der Waals surface area contributed by atoms with Gasteiger partial charge in [-0.15, -0.1) is 0 Å². The van der Waals surface area contributed by atoms with Crippen molar-refractivity contribution in [1.29, 1.82) is 0 Å². The second-order valence-corrected chi connectivity index (χ2v) is 7.76. The third kappa shape index (κ3) is 3.60. The smallest absolute Gasteiger partial charge is 0.337 e. The Kier molecular flexibility index (Phi) is 4.82. The number of fused-ring (bicyclic) bond motifs is 1. The zero-order valence-electron chi connectivity index (χ0n) is 17.0. The Morgan fingerprint density at radius 1 is 1.24 bits per heavy atom. The number of hydrogen-bond donors (Lipinski definition) is 1. The molecule has 0 unspecified atom stereocenters. The Labute approximate surface area is 169 Å². The van der Waals surface area contributed by atoms with Gasteiger partial charge in [-0.25, -0.2) is 14.5 Å². The number of aromatic nitrogens is 3. The molecule has 4 rings (SSSR count). The zero-order valence-corrected chi connectivity index (χ0v) is 17.0. The number of aryl methyl sites for hydroxylation is 1. The van der Waals surface area contributed by atoms with E-state index in [0.717, 1.165) is 35.1 Å². The van der Waals surface area contributed by atoms with Crippen LogP contribution in [-0.4, -0.2) is 33.8 Å². The van der Waals surface area contributed by atoms with Crippen molar-refractivity contribution in [1.82, 2.24) is 14.8 Å². The Morgan fingerprint density at radius 3 is 2.62 bits per heavy atom. The molecular formula is C22H24N4O3. The van der Waals surface area contributed by atoms with Crippen molar-refractivity contribution >= 4 is 28.6 Å². The number of carbonyl (C=O) groups excluding carboxylic acids is 2. The van der Waals surface area contributed by atoms with E-state index >= 15 is 0 Å². The lowest BCUT2D eigenvalue weighted by molar-refractivity contribution is 0.0600. The highest BCUT2D eigenvalue weighted by Crippen LogP contribution is 2.40. The van der Waals surface area contributed by atoms with Crippen LogP contribution in [0.25, 0.3) is 11.0 Å². The molecule has 1 aliphatic carbocycles. The number of pyridine rings is 1. The number of ether oxygens (including phenoxy) is 1. The second-order valence-electron chi connectivity index (χ2n) is 7.76. The summed E-state index contributed by atoms with van der Waals surface area (Å²) in [5.74, 6) is -0.198. The van der Waals surface area contributed by atoms with Crippen LogP contribution in [0, 0.1) is 6.92 Å². The van der Waals surface area contributed by atoms with E-state index < -0.39 is 5.97 Å². The Morgan fingerprint density at radius 2 is 2.00 bits per heavy atom. The predicted octanol–water partition coefficient (Wildman–Crippen LogP) is 4.24. The summed E-state index contributed by atoms with van der Waals surface area (Å²) >= 11 is 0. The lowest BCUT2D eigenvalue weighted by Crippen LogP contribution is -2.15. The lowest BCUT2D eigenvalue weighted by Gasteiger charge is -2.12. The summed E-state index contributed by atoms with van der Waals surface area (Å²) in [6.45, 7) is 5.93. The highest BCUT2D eigenvalue weighted by Gasteiger charge is 2.28. The van der Waals surface area contributed by atoms with Crippen molar-refractivity contribution in [2.45, 2.75) is 45.6 Å². The van der Waals surface area contributed by atoms with Crippen molar-refractivity contribution < 1.29 is 14.3 Å². The van der Waals surface area contributed by atoms with Crippen LogP contribution in [0.2, 0.25) is 0 Å². The first-order valence-electron chi connectivity index (χ1n) is 9.77. The molecule has 3 aromatic rings. The van der Waals surface area contributed by atoms with Gasteiger partial charge in [0.25, 0.3) is 5.91 Å². The summed E-state index contributed by atoms with van der Waals surface area (Å²) in [5, 5.41) is 8.16. The SMILES string of the molecule is COC(=O)c1ccc(NC(=O)c2cc(C3CC3)nc3c2cnn3C(C)C)c(C)c1. The molecule has 0 bridgehead atoms. The van der Waals surface area contributed by atoms with E-state index in [1.54, 1.807) is 24.4 Å². The summed E-state index contributed by atoms with van der Waals surface area (Å²) < 4.78 is 6.61. The molecular weight excluding hydrogens is 368 g/mol. The van der Waals surface area contributed by atoms with Crippen LogP contribution < -0.4 is 5.32 Å². The highest BCUT2D eigenvalue weighted by molar-refractivity contribution is 6.12. The third-order valence-electron chi connectivity index (χ3n) is 5.21. The van der Waals surface area contributed by atoms with Gasteiger partial charge >= 0.3 is 5.97 Å². The summed E-state index contributed by atoms with van der Waals surface area (Å²) in [6.07, 6.45) is 3.91. The summed E-state index contributed by atoms with van der Waals surface area (Å²) in [7, 11) is 1.34. The Bertz CT molecular complexity index is 1110. The number of nitrogens with one attached hydrogen (secondary N) is 1. The largest absolute Gasteiger partial charge is 0.465 e. The molecule has 1 N–H and O–H groups in total. The van der Waals surface area contributed by atoms with E-state index in [-0.39, 0.29) is 11.9 Å². The molecule has 7 heteroatoms. The molecule has 0 saturated heterocycles. The average molecular weight is 392 g/mol. The van der Waals surface area contributed by atoms with Crippen LogP contribution in [0.4, 0.5) is 5.69 Å². The Balaban J connectivity index is 1.71. The van der Waals surface area contributed by atoms with E-state index in [2.05, 4.69) is 10.4 Å². The van der Waals surface area contributed by atoms with Crippen LogP contribution in [0.1, 0.15) is 70.6 Å². The summed E-state index contributed by atoms with van der Waals surface area (Å²) in [5.41, 5.74) is 4.14. The molecule has 1 fully saturated rings. The zero-order chi connectivity index (χ0) is 20.7. The monoisotopic (exact) mass is 392 g/mol. The summed E-state index contributed by atoms with van der Waals surface area (Å²) in [4.78, 5) is 29.7. The van der Waals surface area contributed by atoms with Gasteiger partial charge in [0.2, 0.25) is 0 Å². The number of benzene rings is 1. The average Bonchev–Trinajstić information content (AvgIpc) is 3.46. The van der Waals surface area contributed by atoms with Crippen LogP contribution in [0.3, 0.4) is 0 Å². The second kappa shape index (κ2) is 7.31. The standard InChI is InChI=1S/C22H24N4O3/c1-12(2)26-20-17(11-23-26)16(10-19(24-20)14-5-6-14)21(27)25-18-8-7-15(9-13(18)3)22(28)29-4/h7-12,14H,5-6H2,1-4H3,(H,25,27). The molecule has 1 amide bonds. The molecule has 7 nitrogen and oxygen atoms in total. The molecule has 1 aliphatic rings. The maximum Gasteiger partial charge on any atom is 0.337 e. The van der Waals surface area contributed by atoms with Gasteiger partial charge < -0.3 is 10.1 Å². The van der Waals surface area contributed by atoms with Crippen LogP contribution in [-0.2, 0) is 4.74 Å². The van der Waals surface area contributed by atoms with Crippen LogP contribution in [0.15, 0.2) is 30.5 Å². The molecule has 0 radical (unpaired) electrons. The van der Waals surface area contributed by atoms with Crippen molar-refractivity contribution in [3.05, 3.63) is 52.8 Å². The van der Waals surface area contributed by atoms with Gasteiger partial charge in [0.1, 0.15) is 0 Å². The fourth-order valence-electron chi connectivity index (χ4n) is 3.43. The van der Waals surface area contributed by atoms with Gasteiger partial charge in [-0.3, -0.25) is 4.79 Å². The topological polar surface area (TPSA) is 86.1 Å². The molecule has 0 aliphatic heterocycles. The van der Waals surface area contributed by atoms with Crippen molar-refractivity contribution in [3.8, 4) is 0 Å². The number of methoxy groups -OCH3 is 1. The fourth-order valence-corrected chi connectivity index (χ4v) is 3.43. The number of hydrogen-bond acceptors (Lipinski definition) is 5. The highest BCUT2D eigenvalue weighted by atomic mass is 16.5. The van der Waals surface area contributed by atoms with Crippen LogP contribution in [0.5, 0.6) is 0 Å². The lowest BCUT2D eigenvalue weighted by atomic mass is 10.1. The van der Waals surface area contributed by atoms with Crippen molar-refractivity contribution in [3.63, 3.8) is 0 Å². The summed E-state index contributed by atoms with van der Waals surface area (Å²) in [6, 6.07) is 7.11. The van der Waals surface area contributed by atoms with Crippen molar-refractivity contribution in [2.75, 3.05) is 12.4 Å². The van der Waals surface area contributed by atoms with Gasteiger partial charge in [-0.2, -0.15) is 5.10 Å². The predicted molar refractivity (Wildman–Crippen MR) is 110 cm³/mol. The quantitative estimate of drug-likeness (QED) is 0.657. The van der Waals surface area contributed by atoms with Gasteiger partial charge in [0, 0.05) is 23.3 Å². The maximum absolute atomic E-state index is 13.2. The molecule has 0 spiro atoms. The Hall–Kier alpha value is -3.22. The van der Waals surface area contributed by atoms with E-state index in [1.165, 1.54) is 7.11 Å². The number of rotatable bonds is 5. The molecule has 1 aromatic carbocycles. The number of carbonyl (C=O) groups is 2. The minimum atomic E-state index is -0.406. The third-order valence-corrected chi connectivity index (χ3v) is 5.21. The normalized spacial score (nSPS) is 13.7. The first-order valence-corrected chi connectivity index (χ1v) is 9.77. The minimum Gasteiger partial charge on any atom is -0.465 e. The fraction of sp³-hybridized carbons (Fsp3) is 0.364. The molecule has 29 heavy (non-hydrogen) atoms. The number of nitrogens with zero attached hydrogens (tertiary/aromatic N) is 3. The van der Waals surface area contributed by atoms with Gasteiger partial charge in [-0.1, -0.05) is 0 Å². The van der Waals surface area contributed by atoms with Gasteiger partial charge in [-0.05, 0) is 63.4 Å². The molecule has 0 atom stereocenters. The first kappa shape index (κ1) is 19.1. The molecule has 2 heterocycles. The molecule has 1 saturated carbocycles. The van der Waals surface area contributed by atoms with E-state index in [1.807, 2.05) is 31.5 Å². The minimum absolute atomic E-state index is 0.151. The molecule has 150 valence electrons. The van der Waals surface area contributed by atoms with Gasteiger partial charge in [0.05, 0.1) is 29.8 Å². The van der Waals surface area contributed by atoms with E-state index in [4.69, 9.17) is 9.72 Å². The number of anilines is 1. The van der Waals surface area contributed by atoms with E-state index in [0.29, 0.717) is 22.7 Å². The van der Waals surface area contributed by atoms with E-state index in [9.17, 15) is 9.59 Å².